The summed E-state index contributed by atoms with van der Waals surface area (Å²) in [6, 6.07) is 7.05. The van der Waals surface area contributed by atoms with E-state index >= 15 is 0 Å². The van der Waals surface area contributed by atoms with Gasteiger partial charge in [-0.3, -0.25) is 0 Å². The van der Waals surface area contributed by atoms with E-state index in [1.54, 1.807) is 0 Å². The second kappa shape index (κ2) is 43.6. The number of benzene rings is 2. The smallest absolute Gasteiger partial charge is 0.744 e. The van der Waals surface area contributed by atoms with Crippen molar-refractivity contribution >= 4 is 81.9 Å². The van der Waals surface area contributed by atoms with Gasteiger partial charge in [0.25, 0.3) is 0 Å². The molecular formula is C56H82CaO14S2. The Kier molecular flexibility index (Phi) is 41.4. The Morgan fingerprint density at radius 1 is 0.370 bits per heavy atom. The van der Waals surface area contributed by atoms with Crippen LogP contribution in [0.5, 0.6) is 0 Å². The van der Waals surface area contributed by atoms with E-state index in [1.807, 2.05) is 24.3 Å². The minimum absolute atomic E-state index is 0. The van der Waals surface area contributed by atoms with Crippen LogP contribution in [0.15, 0.2) is 96.8 Å². The summed E-state index contributed by atoms with van der Waals surface area (Å²) in [5.41, 5.74) is -1.65. The monoisotopic (exact) mass is 1080 g/mol. The van der Waals surface area contributed by atoms with Gasteiger partial charge >= 0.3 is 61.6 Å². The summed E-state index contributed by atoms with van der Waals surface area (Å²) in [5.74, 6) is -3.72. The van der Waals surface area contributed by atoms with Crippen LogP contribution in [0.4, 0.5) is 0 Å². The van der Waals surface area contributed by atoms with Gasteiger partial charge in [-0.1, -0.05) is 139 Å². The second-order valence-electron chi connectivity index (χ2n) is 17.6. The van der Waals surface area contributed by atoms with Crippen molar-refractivity contribution in [3.8, 4) is 0 Å². The third-order valence-corrected chi connectivity index (χ3v) is 13.3. The summed E-state index contributed by atoms with van der Waals surface area (Å²) < 4.78 is 91.5. The van der Waals surface area contributed by atoms with E-state index in [4.69, 9.17) is 18.9 Å². The van der Waals surface area contributed by atoms with Crippen molar-refractivity contribution in [1.29, 1.82) is 0 Å². The zero-order valence-electron chi connectivity index (χ0n) is 43.5. The summed E-state index contributed by atoms with van der Waals surface area (Å²) in [6.07, 6.45) is 34.9. The number of hydrogen-bond acceptors (Lipinski definition) is 14. The van der Waals surface area contributed by atoms with Crippen molar-refractivity contribution in [2.24, 2.45) is 0 Å². The van der Waals surface area contributed by atoms with Crippen molar-refractivity contribution in [3.05, 3.63) is 109 Å². The van der Waals surface area contributed by atoms with E-state index < -0.39 is 65.0 Å². The van der Waals surface area contributed by atoms with Crippen LogP contribution < -0.4 is 0 Å². The molecule has 73 heavy (non-hydrogen) atoms. The molecule has 0 fully saturated rings. The van der Waals surface area contributed by atoms with Crippen molar-refractivity contribution in [3.63, 3.8) is 0 Å². The average Bonchev–Trinajstić information content (AvgIpc) is 3.35. The van der Waals surface area contributed by atoms with Crippen LogP contribution in [0.3, 0.4) is 0 Å². The molecule has 0 saturated heterocycles. The van der Waals surface area contributed by atoms with Gasteiger partial charge in [-0.2, -0.15) is 0 Å². The number of carbonyl (C=O) groups is 4. The molecule has 0 spiro atoms. The Morgan fingerprint density at radius 2 is 0.589 bits per heavy atom. The second-order valence-corrected chi connectivity index (χ2v) is 20.3. The number of hydrogen-bond donors (Lipinski definition) is 0. The normalized spacial score (nSPS) is 11.0. The van der Waals surface area contributed by atoms with Gasteiger partial charge in [-0.05, 0) is 101 Å². The van der Waals surface area contributed by atoms with Crippen LogP contribution in [-0.2, 0) is 39.2 Å². The Morgan fingerprint density at radius 3 is 0.822 bits per heavy atom. The van der Waals surface area contributed by atoms with Crippen LogP contribution in [0.25, 0.3) is 0 Å². The molecule has 2 aromatic rings. The number of rotatable bonds is 42. The molecule has 17 heteroatoms. The van der Waals surface area contributed by atoms with Crippen molar-refractivity contribution in [1.82, 2.24) is 0 Å². The summed E-state index contributed by atoms with van der Waals surface area (Å²) in [7, 11) is -10.00. The predicted octanol–water partition coefficient (Wildman–Crippen LogP) is 13.1. The predicted molar refractivity (Wildman–Crippen MR) is 286 cm³/mol. The Labute approximate surface area is 467 Å². The van der Waals surface area contributed by atoms with Crippen molar-refractivity contribution in [2.75, 3.05) is 26.4 Å². The van der Waals surface area contributed by atoms with Crippen molar-refractivity contribution in [2.45, 2.75) is 190 Å². The molecule has 0 aliphatic heterocycles. The Bertz CT molecular complexity index is 2000. The topological polar surface area (TPSA) is 220 Å². The minimum atomic E-state index is -5.00. The van der Waals surface area contributed by atoms with Gasteiger partial charge in [0.15, 0.2) is 0 Å². The van der Waals surface area contributed by atoms with Crippen LogP contribution in [0, 0.1) is 0 Å². The zero-order chi connectivity index (χ0) is 53.3. The van der Waals surface area contributed by atoms with Crippen LogP contribution in [0.2, 0.25) is 0 Å². The first-order valence-electron chi connectivity index (χ1n) is 25.9. The SMILES string of the molecule is C=CCCCCCCCCOC(=O)c1cccc(S(=O)(=O)[O-])c1C(=O)OCCCCCCCCC=C.C=CCCCCCCCCOC(=O)c1cccc(S(=O)(=O)[O-])c1C(=O)OCCCCCCCCC=C.[Ca+2]. The molecular weight excluding hydrogens is 1000 g/mol. The fourth-order valence-electron chi connectivity index (χ4n) is 7.59. The summed E-state index contributed by atoms with van der Waals surface area (Å²) in [5, 5.41) is 0. The molecule has 0 bridgehead atoms. The fraction of sp³-hybridized carbons (Fsp3) is 0.571. The minimum Gasteiger partial charge on any atom is -0.744 e. The molecule has 0 saturated carbocycles. The summed E-state index contributed by atoms with van der Waals surface area (Å²) in [4.78, 5) is 49.2. The quantitative estimate of drug-likeness (QED) is 0.0151. The van der Waals surface area contributed by atoms with Gasteiger partial charge in [-0.25, -0.2) is 36.0 Å². The summed E-state index contributed by atoms with van der Waals surface area (Å²) >= 11 is 0. The molecule has 0 radical (unpaired) electrons. The molecule has 0 aliphatic carbocycles. The molecule has 0 heterocycles. The van der Waals surface area contributed by atoms with Crippen LogP contribution >= 0.6 is 0 Å². The number of ether oxygens (including phenoxy) is 4. The molecule has 0 atom stereocenters. The van der Waals surface area contributed by atoms with Crippen LogP contribution in [0.1, 0.15) is 221 Å². The van der Waals surface area contributed by atoms with Crippen LogP contribution in [-0.4, -0.2) is 114 Å². The van der Waals surface area contributed by atoms with Gasteiger partial charge < -0.3 is 28.1 Å². The first-order chi connectivity index (χ1) is 34.6. The standard InChI is InChI=1S/2C28H42O7S.Ca/c2*1-3-5-7-9-11-13-15-17-22-34-27(29)24-20-19-21-25(36(31,32)33)26(24)28(30)35-23-18-16-14-12-10-8-6-4-2;/h2*3-4,19-21H,1-2,5-18,22-23H2,(H,31,32,33);/q;;+2/p-2. The molecule has 0 aromatic heterocycles. The molecule has 0 N–H and O–H groups in total. The van der Waals surface area contributed by atoms with Gasteiger partial charge in [0.2, 0.25) is 0 Å². The average molecular weight is 1080 g/mol. The van der Waals surface area contributed by atoms with E-state index in [0.717, 1.165) is 166 Å². The third kappa shape index (κ3) is 32.4. The largest absolute Gasteiger partial charge is 2.00 e. The summed E-state index contributed by atoms with van der Waals surface area (Å²) in [6.45, 7) is 15.2. The molecule has 14 nitrogen and oxygen atoms in total. The maximum absolute atomic E-state index is 12.7. The number of unbranched alkanes of at least 4 members (excludes halogenated alkanes) is 24. The first-order valence-corrected chi connectivity index (χ1v) is 28.8. The van der Waals surface area contributed by atoms with Gasteiger partial charge in [0, 0.05) is 0 Å². The third-order valence-electron chi connectivity index (χ3n) is 11.6. The number of allylic oxidation sites excluding steroid dienone is 4. The van der Waals surface area contributed by atoms with Gasteiger partial charge in [-0.15, -0.1) is 26.3 Å². The molecule has 0 unspecified atom stereocenters. The number of carbonyl (C=O) groups excluding carboxylic acids is 4. The fourth-order valence-corrected chi connectivity index (χ4v) is 8.97. The first kappa shape index (κ1) is 69.4. The maximum atomic E-state index is 12.7. The van der Waals surface area contributed by atoms with E-state index in [0.29, 0.717) is 25.7 Å². The Balaban J connectivity index is 0.00000140. The molecule has 0 amide bonds. The molecule has 0 aliphatic rings. The zero-order valence-corrected chi connectivity index (χ0v) is 47.3. The van der Waals surface area contributed by atoms with E-state index in [1.165, 1.54) is 24.3 Å². The van der Waals surface area contributed by atoms with E-state index in [-0.39, 0.29) is 75.3 Å². The van der Waals surface area contributed by atoms with Crippen molar-refractivity contribution < 1.29 is 64.1 Å². The van der Waals surface area contributed by atoms with E-state index in [2.05, 4.69) is 26.3 Å². The Hall–Kier alpha value is -3.64. The maximum Gasteiger partial charge on any atom is 2.00 e. The molecule has 2 aromatic carbocycles. The molecule has 404 valence electrons. The van der Waals surface area contributed by atoms with Gasteiger partial charge in [0.05, 0.1) is 58.5 Å². The molecule has 2 rings (SSSR count). The van der Waals surface area contributed by atoms with Gasteiger partial charge in [0.1, 0.15) is 20.2 Å². The van der Waals surface area contributed by atoms with E-state index in [9.17, 15) is 45.1 Å². The number of esters is 4.